The first-order chi connectivity index (χ1) is 5.40. The van der Waals surface area contributed by atoms with Crippen LogP contribution in [0.1, 0.15) is 6.42 Å². The number of rotatable bonds is 1. The van der Waals surface area contributed by atoms with E-state index in [0.717, 1.165) is 24.0 Å². The first-order valence-corrected chi connectivity index (χ1v) is 3.53. The third-order valence-corrected chi connectivity index (χ3v) is 1.72. The summed E-state index contributed by atoms with van der Waals surface area (Å²) < 4.78 is 0. The normalized spacial score (nSPS) is 20.2. The molecule has 0 saturated heterocycles. The van der Waals surface area contributed by atoms with Crippen LogP contribution in [-0.4, -0.2) is 12.0 Å². The van der Waals surface area contributed by atoms with Gasteiger partial charge in [0.15, 0.2) is 6.29 Å². The molecular weight excluding hydrogens is 138 g/mol. The van der Waals surface area contributed by atoms with Crippen molar-refractivity contribution in [1.82, 2.24) is 0 Å². The lowest BCUT2D eigenvalue weighted by Crippen LogP contribution is -1.95. The van der Waals surface area contributed by atoms with E-state index >= 15 is 0 Å². The van der Waals surface area contributed by atoms with Gasteiger partial charge in [-0.15, -0.1) is 0 Å². The minimum Gasteiger partial charge on any atom is -0.296 e. The van der Waals surface area contributed by atoms with Gasteiger partial charge in [-0.05, 0) is 24.1 Å². The van der Waals surface area contributed by atoms with E-state index in [-0.39, 0.29) is 0 Å². The second-order valence-electron chi connectivity index (χ2n) is 2.48. The van der Waals surface area contributed by atoms with E-state index in [1.807, 2.05) is 18.2 Å². The minimum atomic E-state index is 0.526. The highest BCUT2D eigenvalue weighted by Gasteiger charge is 2.12. The van der Waals surface area contributed by atoms with Gasteiger partial charge >= 0.3 is 0 Å². The topological polar surface area (TPSA) is 29.4 Å². The summed E-state index contributed by atoms with van der Waals surface area (Å²) in [6, 6.07) is 0. The monoisotopic (exact) mass is 145 g/mol. The zero-order valence-corrected chi connectivity index (χ0v) is 5.95. The van der Waals surface area contributed by atoms with Gasteiger partial charge in [0.1, 0.15) is 5.70 Å². The fraction of sp³-hybridized carbons (Fsp3) is 0.111. The standard InChI is InChI=1S/C9H7NO/c11-6-8-5-7-3-1-2-4-9(7)10-8/h2-6H,1H2. The van der Waals surface area contributed by atoms with Crippen LogP contribution in [0.2, 0.25) is 0 Å². The number of carbonyl (C=O) groups excluding carboxylic acids is 1. The van der Waals surface area contributed by atoms with Gasteiger partial charge in [0.05, 0.1) is 5.71 Å². The van der Waals surface area contributed by atoms with E-state index in [1.165, 1.54) is 0 Å². The molecule has 0 unspecified atom stereocenters. The molecule has 1 aliphatic carbocycles. The summed E-state index contributed by atoms with van der Waals surface area (Å²) in [7, 11) is 0. The Morgan fingerprint density at radius 2 is 2.45 bits per heavy atom. The van der Waals surface area contributed by atoms with E-state index in [1.54, 1.807) is 0 Å². The number of aldehydes is 1. The molecule has 54 valence electrons. The van der Waals surface area contributed by atoms with Crippen molar-refractivity contribution in [3.8, 4) is 0 Å². The van der Waals surface area contributed by atoms with Crippen LogP contribution in [-0.2, 0) is 4.79 Å². The molecule has 0 aromatic carbocycles. The number of carbonyl (C=O) groups is 1. The predicted octanol–water partition coefficient (Wildman–Crippen LogP) is 1.41. The Morgan fingerprint density at radius 3 is 3.18 bits per heavy atom. The Balaban J connectivity index is 2.43. The van der Waals surface area contributed by atoms with Gasteiger partial charge in [-0.25, -0.2) is 4.99 Å². The average molecular weight is 145 g/mol. The van der Waals surface area contributed by atoms with Crippen LogP contribution in [0.5, 0.6) is 0 Å². The highest BCUT2D eigenvalue weighted by molar-refractivity contribution is 6.15. The van der Waals surface area contributed by atoms with Crippen molar-refractivity contribution in [2.45, 2.75) is 6.42 Å². The van der Waals surface area contributed by atoms with Crippen LogP contribution >= 0.6 is 0 Å². The fourth-order valence-electron chi connectivity index (χ4n) is 1.20. The molecule has 1 aliphatic heterocycles. The summed E-state index contributed by atoms with van der Waals surface area (Å²) in [5, 5.41) is 0. The van der Waals surface area contributed by atoms with Crippen molar-refractivity contribution in [1.29, 1.82) is 0 Å². The van der Waals surface area contributed by atoms with Crippen molar-refractivity contribution in [3.63, 3.8) is 0 Å². The Labute approximate surface area is 64.6 Å². The number of hydrogen-bond donors (Lipinski definition) is 0. The van der Waals surface area contributed by atoms with Crippen molar-refractivity contribution in [2.24, 2.45) is 4.99 Å². The van der Waals surface area contributed by atoms with Gasteiger partial charge in [0, 0.05) is 0 Å². The Kier molecular flexibility index (Phi) is 1.32. The molecule has 1 heterocycles. The van der Waals surface area contributed by atoms with Crippen molar-refractivity contribution in [2.75, 3.05) is 0 Å². The van der Waals surface area contributed by atoms with Gasteiger partial charge < -0.3 is 0 Å². The summed E-state index contributed by atoms with van der Waals surface area (Å²) in [4.78, 5) is 14.4. The molecule has 0 aromatic heterocycles. The number of nitrogens with zero attached hydrogens (tertiary/aromatic N) is 1. The highest BCUT2D eigenvalue weighted by atomic mass is 16.1. The number of aliphatic imine (C=N–C) groups is 1. The zero-order valence-electron chi connectivity index (χ0n) is 5.95. The molecule has 2 heteroatoms. The maximum atomic E-state index is 10.3. The molecule has 0 bridgehead atoms. The molecule has 0 spiro atoms. The summed E-state index contributed by atoms with van der Waals surface area (Å²) in [6.07, 6.45) is 9.57. The number of fused-ring (bicyclic) bond motifs is 1. The van der Waals surface area contributed by atoms with Gasteiger partial charge in [-0.3, -0.25) is 4.79 Å². The molecule has 0 aromatic rings. The van der Waals surface area contributed by atoms with Crippen LogP contribution in [0.3, 0.4) is 0 Å². The molecule has 2 rings (SSSR count). The fourth-order valence-corrected chi connectivity index (χ4v) is 1.20. The van der Waals surface area contributed by atoms with E-state index < -0.39 is 0 Å². The van der Waals surface area contributed by atoms with Gasteiger partial charge in [-0.1, -0.05) is 12.2 Å². The van der Waals surface area contributed by atoms with Crippen LogP contribution in [0.4, 0.5) is 0 Å². The second-order valence-corrected chi connectivity index (χ2v) is 2.48. The summed E-state index contributed by atoms with van der Waals surface area (Å²) in [5.74, 6) is 0. The van der Waals surface area contributed by atoms with Crippen LogP contribution in [0, 0.1) is 0 Å². The van der Waals surface area contributed by atoms with Crippen LogP contribution < -0.4 is 0 Å². The number of hydrogen-bond acceptors (Lipinski definition) is 2. The summed E-state index contributed by atoms with van der Waals surface area (Å²) in [5.41, 5.74) is 2.52. The molecule has 11 heavy (non-hydrogen) atoms. The minimum absolute atomic E-state index is 0.526. The molecule has 0 saturated carbocycles. The third kappa shape index (κ3) is 0.963. The van der Waals surface area contributed by atoms with Gasteiger partial charge in [0.25, 0.3) is 0 Å². The SMILES string of the molecule is O=CC1=CC2=CCC=CC2=N1. The molecule has 0 fully saturated rings. The maximum absolute atomic E-state index is 10.3. The second kappa shape index (κ2) is 2.31. The molecule has 0 N–H and O–H groups in total. The predicted molar refractivity (Wildman–Crippen MR) is 43.4 cm³/mol. The lowest BCUT2D eigenvalue weighted by molar-refractivity contribution is -0.104. The van der Waals surface area contributed by atoms with Gasteiger partial charge in [-0.2, -0.15) is 0 Å². The lowest BCUT2D eigenvalue weighted by atomic mass is 10.1. The van der Waals surface area contributed by atoms with Gasteiger partial charge in [0.2, 0.25) is 0 Å². The lowest BCUT2D eigenvalue weighted by Gasteiger charge is -1.99. The first-order valence-electron chi connectivity index (χ1n) is 3.53. The largest absolute Gasteiger partial charge is 0.296 e. The van der Waals surface area contributed by atoms with E-state index in [0.29, 0.717) is 5.70 Å². The first kappa shape index (κ1) is 6.28. The Bertz CT molecular complexity index is 318. The smallest absolute Gasteiger partial charge is 0.168 e. The Hall–Kier alpha value is -1.44. The highest BCUT2D eigenvalue weighted by Crippen LogP contribution is 2.19. The molecule has 0 atom stereocenters. The van der Waals surface area contributed by atoms with Crippen molar-refractivity contribution in [3.05, 3.63) is 35.6 Å². The zero-order chi connectivity index (χ0) is 7.68. The van der Waals surface area contributed by atoms with E-state index in [4.69, 9.17) is 0 Å². The molecular formula is C9H7NO. The molecule has 0 amide bonds. The van der Waals surface area contributed by atoms with E-state index in [2.05, 4.69) is 11.1 Å². The average Bonchev–Trinajstić information content (AvgIpc) is 2.46. The van der Waals surface area contributed by atoms with Crippen molar-refractivity contribution >= 4 is 12.0 Å². The van der Waals surface area contributed by atoms with Crippen LogP contribution in [0.15, 0.2) is 40.6 Å². The van der Waals surface area contributed by atoms with Crippen LogP contribution in [0.25, 0.3) is 0 Å². The quantitative estimate of drug-likeness (QED) is 0.513. The summed E-state index contributed by atoms with van der Waals surface area (Å²) >= 11 is 0. The molecule has 2 aliphatic rings. The third-order valence-electron chi connectivity index (χ3n) is 1.72. The molecule has 0 radical (unpaired) electrons. The Morgan fingerprint density at radius 1 is 1.55 bits per heavy atom. The number of allylic oxidation sites excluding steroid dienone is 6. The van der Waals surface area contributed by atoms with Crippen molar-refractivity contribution < 1.29 is 4.79 Å². The van der Waals surface area contributed by atoms with E-state index in [9.17, 15) is 4.79 Å². The maximum Gasteiger partial charge on any atom is 0.168 e. The molecule has 2 nitrogen and oxygen atoms in total. The summed E-state index contributed by atoms with van der Waals surface area (Å²) in [6.45, 7) is 0.